The number of carbonyl (C=O) groups excluding carboxylic acids is 1. The molecule has 6 heteroatoms. The first-order valence-electron chi connectivity index (χ1n) is 8.90. The first kappa shape index (κ1) is 18.8. The largest absolute Gasteiger partial charge is 0.504 e. The van der Waals surface area contributed by atoms with Crippen LogP contribution < -0.4 is 10.1 Å². The lowest BCUT2D eigenvalue weighted by Crippen LogP contribution is -2.46. The lowest BCUT2D eigenvalue weighted by Gasteiger charge is -2.30. The van der Waals surface area contributed by atoms with E-state index in [4.69, 9.17) is 4.74 Å². The number of nitrogens with one attached hydrogen (secondary N) is 1. The number of piperazine rings is 1. The van der Waals surface area contributed by atoms with Crippen LogP contribution in [0.25, 0.3) is 5.70 Å². The van der Waals surface area contributed by atoms with E-state index in [0.717, 1.165) is 17.5 Å². The quantitative estimate of drug-likeness (QED) is 0.844. The van der Waals surface area contributed by atoms with Crippen LogP contribution in [-0.4, -0.2) is 35.5 Å². The van der Waals surface area contributed by atoms with Crippen molar-refractivity contribution >= 4 is 11.6 Å². The van der Waals surface area contributed by atoms with E-state index in [1.54, 1.807) is 18.2 Å². The third kappa shape index (κ3) is 4.05. The minimum absolute atomic E-state index is 0.0156. The van der Waals surface area contributed by atoms with Gasteiger partial charge >= 0.3 is 0 Å². The third-order valence-electron chi connectivity index (χ3n) is 4.70. The Morgan fingerprint density at radius 3 is 2.78 bits per heavy atom. The molecule has 1 fully saturated rings. The van der Waals surface area contributed by atoms with Gasteiger partial charge in [-0.25, -0.2) is 4.39 Å². The second kappa shape index (κ2) is 7.70. The average molecular weight is 370 g/mol. The standard InChI is InChI=1S/C21H23FN2O3/c1-4-15-11-18(25)20(9-13(15)2)27-19-6-5-16(10-17(19)22)14(3)24-8-7-23-21(26)12-24/h5-6,9-11,25H,3-4,7-8,12H2,1-2H3,(H,23,26). The van der Waals surface area contributed by atoms with Crippen molar-refractivity contribution in [3.8, 4) is 17.2 Å². The number of phenolic OH excluding ortho intramolecular Hbond substituents is 1. The van der Waals surface area contributed by atoms with Gasteiger partial charge in [-0.2, -0.15) is 0 Å². The van der Waals surface area contributed by atoms with Gasteiger partial charge in [0, 0.05) is 24.4 Å². The molecule has 0 aliphatic carbocycles. The summed E-state index contributed by atoms with van der Waals surface area (Å²) >= 11 is 0. The molecule has 0 radical (unpaired) electrons. The Morgan fingerprint density at radius 2 is 2.11 bits per heavy atom. The molecular formula is C21H23FN2O3. The van der Waals surface area contributed by atoms with Gasteiger partial charge in [0.15, 0.2) is 23.1 Å². The lowest BCUT2D eigenvalue weighted by molar-refractivity contribution is -0.123. The molecule has 142 valence electrons. The van der Waals surface area contributed by atoms with Gasteiger partial charge in [-0.05, 0) is 54.8 Å². The zero-order valence-corrected chi connectivity index (χ0v) is 15.5. The summed E-state index contributed by atoms with van der Waals surface area (Å²) in [6, 6.07) is 7.86. The maximum absolute atomic E-state index is 14.6. The molecule has 27 heavy (non-hydrogen) atoms. The van der Waals surface area contributed by atoms with Gasteiger partial charge in [-0.1, -0.05) is 13.5 Å². The summed E-state index contributed by atoms with van der Waals surface area (Å²) in [6.45, 7) is 9.27. The maximum atomic E-state index is 14.6. The fraction of sp³-hybridized carbons (Fsp3) is 0.286. The molecule has 0 spiro atoms. The van der Waals surface area contributed by atoms with Gasteiger partial charge in [0.2, 0.25) is 5.91 Å². The molecule has 0 atom stereocenters. The van der Waals surface area contributed by atoms with Crippen molar-refractivity contribution in [2.45, 2.75) is 20.3 Å². The molecule has 0 saturated carbocycles. The van der Waals surface area contributed by atoms with Crippen LogP contribution in [-0.2, 0) is 11.2 Å². The van der Waals surface area contributed by atoms with E-state index in [1.165, 1.54) is 12.1 Å². The molecule has 1 amide bonds. The minimum Gasteiger partial charge on any atom is -0.504 e. The Balaban J connectivity index is 1.80. The van der Waals surface area contributed by atoms with Crippen molar-refractivity contribution in [1.29, 1.82) is 0 Å². The number of aryl methyl sites for hydroxylation is 2. The number of carbonyl (C=O) groups is 1. The second-order valence-corrected chi connectivity index (χ2v) is 6.57. The monoisotopic (exact) mass is 370 g/mol. The predicted molar refractivity (Wildman–Crippen MR) is 102 cm³/mol. The highest BCUT2D eigenvalue weighted by Crippen LogP contribution is 2.35. The highest BCUT2D eigenvalue weighted by Gasteiger charge is 2.19. The SMILES string of the molecule is C=C(c1ccc(Oc2cc(C)c(CC)cc2O)c(F)c1)N1CCNC(=O)C1. The number of ether oxygens (including phenoxy) is 1. The summed E-state index contributed by atoms with van der Waals surface area (Å²) in [7, 11) is 0. The van der Waals surface area contributed by atoms with Crippen LogP contribution >= 0.6 is 0 Å². The number of hydrogen-bond acceptors (Lipinski definition) is 4. The van der Waals surface area contributed by atoms with Crippen molar-refractivity contribution in [2.24, 2.45) is 0 Å². The Kier molecular flexibility index (Phi) is 5.35. The van der Waals surface area contributed by atoms with Gasteiger partial charge in [-0.3, -0.25) is 4.79 Å². The number of amides is 1. The third-order valence-corrected chi connectivity index (χ3v) is 4.70. The van der Waals surface area contributed by atoms with Crippen LogP contribution in [0, 0.1) is 12.7 Å². The first-order chi connectivity index (χ1) is 12.9. The Hall–Kier alpha value is -3.02. The summed E-state index contributed by atoms with van der Waals surface area (Å²) in [6.07, 6.45) is 0.791. The van der Waals surface area contributed by atoms with E-state index in [9.17, 15) is 14.3 Å². The zero-order valence-electron chi connectivity index (χ0n) is 15.5. The molecule has 2 aromatic rings. The molecule has 1 heterocycles. The summed E-state index contributed by atoms with van der Waals surface area (Å²) in [4.78, 5) is 13.3. The minimum atomic E-state index is -0.563. The molecule has 1 aliphatic heterocycles. The Labute approximate surface area is 158 Å². The number of rotatable bonds is 5. The summed E-state index contributed by atoms with van der Waals surface area (Å²) in [5.74, 6) is -0.439. The van der Waals surface area contributed by atoms with Crippen molar-refractivity contribution < 1.29 is 19.0 Å². The summed E-state index contributed by atoms with van der Waals surface area (Å²) in [5.41, 5.74) is 3.15. The molecule has 3 rings (SSSR count). The predicted octanol–water partition coefficient (Wildman–Crippen LogP) is 3.60. The average Bonchev–Trinajstić information content (AvgIpc) is 2.65. The van der Waals surface area contributed by atoms with Gasteiger partial charge in [0.05, 0.1) is 6.54 Å². The van der Waals surface area contributed by atoms with E-state index >= 15 is 0 Å². The van der Waals surface area contributed by atoms with Crippen LogP contribution in [0.4, 0.5) is 4.39 Å². The van der Waals surface area contributed by atoms with Crippen molar-refractivity contribution in [1.82, 2.24) is 10.2 Å². The van der Waals surface area contributed by atoms with Gasteiger partial charge < -0.3 is 20.1 Å². The van der Waals surface area contributed by atoms with E-state index in [1.807, 2.05) is 18.7 Å². The van der Waals surface area contributed by atoms with Crippen molar-refractivity contribution in [3.63, 3.8) is 0 Å². The van der Waals surface area contributed by atoms with E-state index < -0.39 is 5.82 Å². The van der Waals surface area contributed by atoms with Gasteiger partial charge in [-0.15, -0.1) is 0 Å². The fourth-order valence-corrected chi connectivity index (χ4v) is 3.11. The Morgan fingerprint density at radius 1 is 1.33 bits per heavy atom. The second-order valence-electron chi connectivity index (χ2n) is 6.57. The van der Waals surface area contributed by atoms with Crippen molar-refractivity contribution in [3.05, 3.63) is 59.4 Å². The lowest BCUT2D eigenvalue weighted by atomic mass is 10.1. The molecule has 5 nitrogen and oxygen atoms in total. The molecule has 0 bridgehead atoms. The molecule has 2 N–H and O–H groups in total. The first-order valence-corrected chi connectivity index (χ1v) is 8.90. The Bertz CT molecular complexity index is 895. The zero-order chi connectivity index (χ0) is 19.6. The number of phenols is 1. The number of halogens is 1. The summed E-state index contributed by atoms with van der Waals surface area (Å²) < 4.78 is 20.2. The molecular weight excluding hydrogens is 347 g/mol. The van der Waals surface area contributed by atoms with Gasteiger partial charge in [0.1, 0.15) is 0 Å². The molecule has 1 saturated heterocycles. The van der Waals surface area contributed by atoms with Gasteiger partial charge in [0.25, 0.3) is 0 Å². The summed E-state index contributed by atoms with van der Waals surface area (Å²) in [5, 5.41) is 12.9. The van der Waals surface area contributed by atoms with Crippen molar-refractivity contribution in [2.75, 3.05) is 19.6 Å². The number of nitrogens with zero attached hydrogens (tertiary/aromatic N) is 1. The van der Waals surface area contributed by atoms with Crippen LogP contribution in [0.3, 0.4) is 0 Å². The maximum Gasteiger partial charge on any atom is 0.239 e. The number of aromatic hydroxyl groups is 1. The van der Waals surface area contributed by atoms with E-state index in [2.05, 4.69) is 11.9 Å². The van der Waals surface area contributed by atoms with Crippen LogP contribution in [0.5, 0.6) is 17.2 Å². The highest BCUT2D eigenvalue weighted by atomic mass is 19.1. The van der Waals surface area contributed by atoms with Crippen LogP contribution in [0.15, 0.2) is 36.9 Å². The van der Waals surface area contributed by atoms with E-state index in [-0.39, 0.29) is 29.7 Å². The van der Waals surface area contributed by atoms with Crippen LogP contribution in [0.2, 0.25) is 0 Å². The highest BCUT2D eigenvalue weighted by molar-refractivity contribution is 5.81. The molecule has 0 aromatic heterocycles. The normalized spacial score (nSPS) is 14.0. The molecule has 1 aliphatic rings. The molecule has 2 aromatic carbocycles. The number of benzene rings is 2. The van der Waals surface area contributed by atoms with E-state index in [0.29, 0.717) is 24.4 Å². The van der Waals surface area contributed by atoms with Crippen LogP contribution in [0.1, 0.15) is 23.6 Å². The fourth-order valence-electron chi connectivity index (χ4n) is 3.11. The number of hydrogen-bond donors (Lipinski definition) is 2. The smallest absolute Gasteiger partial charge is 0.239 e. The topological polar surface area (TPSA) is 61.8 Å². The molecule has 0 unspecified atom stereocenters.